The van der Waals surface area contributed by atoms with Crippen molar-refractivity contribution in [2.24, 2.45) is 0 Å². The Kier molecular flexibility index (Phi) is 6.89. The second-order valence-corrected chi connectivity index (χ2v) is 4.04. The van der Waals surface area contributed by atoms with Gasteiger partial charge in [0.25, 0.3) is 5.91 Å². The SMILES string of the molecule is COCC(CCO)NC(=O)c1ccc(OC(F)F)cc1. The Labute approximate surface area is 115 Å². The molecule has 0 radical (unpaired) electrons. The van der Waals surface area contributed by atoms with E-state index in [0.29, 0.717) is 12.0 Å². The summed E-state index contributed by atoms with van der Waals surface area (Å²) in [6.07, 6.45) is 0.367. The van der Waals surface area contributed by atoms with E-state index < -0.39 is 6.61 Å². The van der Waals surface area contributed by atoms with E-state index in [4.69, 9.17) is 9.84 Å². The lowest BCUT2D eigenvalue weighted by Crippen LogP contribution is -2.38. The Morgan fingerprint density at radius 2 is 2.00 bits per heavy atom. The van der Waals surface area contributed by atoms with E-state index in [2.05, 4.69) is 10.1 Å². The first-order valence-corrected chi connectivity index (χ1v) is 6.02. The number of carbonyl (C=O) groups is 1. The maximum atomic E-state index is 12.0. The standard InChI is InChI=1S/C13H17F2NO4/c1-19-8-10(6-7-17)16-12(18)9-2-4-11(5-3-9)20-13(14)15/h2-5,10,13,17H,6-8H2,1H3,(H,16,18). The highest BCUT2D eigenvalue weighted by molar-refractivity contribution is 5.94. The fraction of sp³-hybridized carbons (Fsp3) is 0.462. The molecule has 5 nitrogen and oxygen atoms in total. The third-order valence-corrected chi connectivity index (χ3v) is 2.52. The second kappa shape index (κ2) is 8.44. The van der Waals surface area contributed by atoms with E-state index in [1.165, 1.54) is 31.4 Å². The highest BCUT2D eigenvalue weighted by Gasteiger charge is 2.13. The van der Waals surface area contributed by atoms with Crippen LogP contribution in [0.5, 0.6) is 5.75 Å². The van der Waals surface area contributed by atoms with Gasteiger partial charge in [-0.05, 0) is 30.7 Å². The predicted molar refractivity (Wildman–Crippen MR) is 67.9 cm³/mol. The lowest BCUT2D eigenvalue weighted by molar-refractivity contribution is -0.0498. The van der Waals surface area contributed by atoms with Crippen molar-refractivity contribution in [2.45, 2.75) is 19.1 Å². The van der Waals surface area contributed by atoms with Gasteiger partial charge in [-0.25, -0.2) is 0 Å². The van der Waals surface area contributed by atoms with Crippen LogP contribution in [0, 0.1) is 0 Å². The van der Waals surface area contributed by atoms with Crippen molar-refractivity contribution >= 4 is 5.91 Å². The number of hydrogen-bond acceptors (Lipinski definition) is 4. The second-order valence-electron chi connectivity index (χ2n) is 4.04. The van der Waals surface area contributed by atoms with E-state index in [-0.39, 0.29) is 30.9 Å². The molecule has 0 aliphatic carbocycles. The monoisotopic (exact) mass is 289 g/mol. The van der Waals surface area contributed by atoms with Gasteiger partial charge in [0.15, 0.2) is 0 Å². The molecule has 0 aliphatic rings. The van der Waals surface area contributed by atoms with Crippen LogP contribution in [0.4, 0.5) is 8.78 Å². The van der Waals surface area contributed by atoms with Crippen molar-refractivity contribution in [3.8, 4) is 5.75 Å². The van der Waals surface area contributed by atoms with Crippen LogP contribution in [0.15, 0.2) is 24.3 Å². The average molecular weight is 289 g/mol. The van der Waals surface area contributed by atoms with Crippen LogP contribution in [0.1, 0.15) is 16.8 Å². The fourth-order valence-corrected chi connectivity index (χ4v) is 1.61. The quantitative estimate of drug-likeness (QED) is 0.759. The molecule has 0 fully saturated rings. The van der Waals surface area contributed by atoms with E-state index in [1.54, 1.807) is 0 Å². The first-order valence-electron chi connectivity index (χ1n) is 6.02. The molecule has 1 rings (SSSR count). The molecule has 0 saturated carbocycles. The minimum Gasteiger partial charge on any atom is -0.435 e. The molecule has 0 spiro atoms. The largest absolute Gasteiger partial charge is 0.435 e. The summed E-state index contributed by atoms with van der Waals surface area (Å²) in [4.78, 5) is 11.9. The Morgan fingerprint density at radius 3 is 2.50 bits per heavy atom. The minimum atomic E-state index is -2.90. The number of nitrogens with one attached hydrogen (secondary N) is 1. The average Bonchev–Trinajstić information content (AvgIpc) is 2.39. The van der Waals surface area contributed by atoms with Crippen LogP contribution in [0.3, 0.4) is 0 Å². The third kappa shape index (κ3) is 5.50. The summed E-state index contributed by atoms with van der Waals surface area (Å²) in [7, 11) is 1.49. The lowest BCUT2D eigenvalue weighted by Gasteiger charge is -2.16. The molecule has 0 heterocycles. The molecule has 112 valence electrons. The first-order chi connectivity index (χ1) is 9.56. The molecule has 0 aromatic heterocycles. The summed E-state index contributed by atoms with van der Waals surface area (Å²) in [6, 6.07) is 5.04. The summed E-state index contributed by atoms with van der Waals surface area (Å²) >= 11 is 0. The molecule has 2 N–H and O–H groups in total. The van der Waals surface area contributed by atoms with Gasteiger partial charge in [-0.1, -0.05) is 0 Å². The van der Waals surface area contributed by atoms with Crippen LogP contribution in [0.25, 0.3) is 0 Å². The summed E-state index contributed by atoms with van der Waals surface area (Å²) in [5.41, 5.74) is 0.311. The van der Waals surface area contributed by atoms with Crippen LogP contribution >= 0.6 is 0 Å². The molecule has 0 saturated heterocycles. The third-order valence-electron chi connectivity index (χ3n) is 2.52. The first kappa shape index (κ1) is 16.3. The number of aliphatic hydroxyl groups is 1. The van der Waals surface area contributed by atoms with Crippen molar-refractivity contribution < 1.29 is 28.2 Å². The molecule has 1 amide bonds. The van der Waals surface area contributed by atoms with Gasteiger partial charge in [0.05, 0.1) is 12.6 Å². The molecule has 0 bridgehead atoms. The predicted octanol–water partition coefficient (Wildman–Crippen LogP) is 1.42. The number of alkyl halides is 2. The van der Waals surface area contributed by atoms with Crippen LogP contribution in [-0.2, 0) is 4.74 Å². The Bertz CT molecular complexity index is 405. The van der Waals surface area contributed by atoms with Gasteiger partial charge in [-0.3, -0.25) is 4.79 Å². The number of ether oxygens (including phenoxy) is 2. The Balaban J connectivity index is 2.62. The number of aliphatic hydroxyl groups excluding tert-OH is 1. The van der Waals surface area contributed by atoms with Gasteiger partial charge in [0.2, 0.25) is 0 Å². The van der Waals surface area contributed by atoms with Gasteiger partial charge < -0.3 is 19.9 Å². The van der Waals surface area contributed by atoms with Crippen LogP contribution < -0.4 is 10.1 Å². The molecular weight excluding hydrogens is 272 g/mol. The van der Waals surface area contributed by atoms with E-state index in [9.17, 15) is 13.6 Å². The van der Waals surface area contributed by atoms with Crippen molar-refractivity contribution in [3.05, 3.63) is 29.8 Å². The van der Waals surface area contributed by atoms with Crippen molar-refractivity contribution in [1.82, 2.24) is 5.32 Å². The molecule has 7 heteroatoms. The molecule has 20 heavy (non-hydrogen) atoms. The minimum absolute atomic E-state index is 0.0136. The van der Waals surface area contributed by atoms with Gasteiger partial charge in [0, 0.05) is 19.3 Å². The number of amides is 1. The van der Waals surface area contributed by atoms with Gasteiger partial charge in [-0.15, -0.1) is 0 Å². The molecule has 1 unspecified atom stereocenters. The normalized spacial score (nSPS) is 12.2. The molecule has 0 aliphatic heterocycles. The maximum Gasteiger partial charge on any atom is 0.387 e. The van der Waals surface area contributed by atoms with Crippen molar-refractivity contribution in [3.63, 3.8) is 0 Å². The molecule has 1 aromatic carbocycles. The number of methoxy groups -OCH3 is 1. The summed E-state index contributed by atoms with van der Waals surface area (Å²) < 4.78 is 33.1. The van der Waals surface area contributed by atoms with Crippen molar-refractivity contribution in [1.29, 1.82) is 0 Å². The van der Waals surface area contributed by atoms with Gasteiger partial charge in [-0.2, -0.15) is 8.78 Å². The Hall–Kier alpha value is -1.73. The highest BCUT2D eigenvalue weighted by Crippen LogP contribution is 2.15. The molecule has 1 atom stereocenters. The van der Waals surface area contributed by atoms with E-state index in [1.807, 2.05) is 0 Å². The highest BCUT2D eigenvalue weighted by atomic mass is 19.3. The number of hydrogen-bond donors (Lipinski definition) is 2. The van der Waals surface area contributed by atoms with E-state index in [0.717, 1.165) is 0 Å². The zero-order chi connectivity index (χ0) is 15.0. The zero-order valence-corrected chi connectivity index (χ0v) is 11.0. The lowest BCUT2D eigenvalue weighted by atomic mass is 10.1. The Morgan fingerprint density at radius 1 is 1.35 bits per heavy atom. The topological polar surface area (TPSA) is 67.8 Å². The maximum absolute atomic E-state index is 12.0. The van der Waals surface area contributed by atoms with Crippen LogP contribution in [0.2, 0.25) is 0 Å². The number of halogens is 2. The zero-order valence-electron chi connectivity index (χ0n) is 11.0. The fourth-order valence-electron chi connectivity index (χ4n) is 1.61. The van der Waals surface area contributed by atoms with Gasteiger partial charge in [0.1, 0.15) is 5.75 Å². The number of benzene rings is 1. The molecule has 1 aromatic rings. The number of rotatable bonds is 8. The smallest absolute Gasteiger partial charge is 0.387 e. The number of carbonyl (C=O) groups excluding carboxylic acids is 1. The summed E-state index contributed by atoms with van der Waals surface area (Å²) in [5, 5.41) is 11.6. The van der Waals surface area contributed by atoms with E-state index >= 15 is 0 Å². The van der Waals surface area contributed by atoms with Gasteiger partial charge >= 0.3 is 6.61 Å². The molecular formula is C13H17F2NO4. The van der Waals surface area contributed by atoms with Crippen LogP contribution in [-0.4, -0.2) is 44.0 Å². The summed E-state index contributed by atoms with van der Waals surface area (Å²) in [6.45, 7) is -2.70. The van der Waals surface area contributed by atoms with Crippen molar-refractivity contribution in [2.75, 3.05) is 20.3 Å². The summed E-state index contributed by atoms with van der Waals surface area (Å²) in [5.74, 6) is -0.385.